The molecular weight excluding hydrogens is 304 g/mol. The van der Waals surface area contributed by atoms with E-state index in [1.54, 1.807) is 0 Å². The molecule has 0 aliphatic carbocycles. The highest BCUT2D eigenvalue weighted by atomic mass is 16.2. The predicted octanol–water partition coefficient (Wildman–Crippen LogP) is 1.35. The number of aryl methyl sites for hydroxylation is 1. The van der Waals surface area contributed by atoms with Crippen LogP contribution in [0.5, 0.6) is 0 Å². The van der Waals surface area contributed by atoms with Gasteiger partial charge in [-0.05, 0) is 37.6 Å². The van der Waals surface area contributed by atoms with Crippen molar-refractivity contribution >= 4 is 5.91 Å². The molecule has 1 N–H and O–H groups in total. The van der Waals surface area contributed by atoms with Crippen LogP contribution < -0.4 is 10.9 Å². The molecule has 0 spiro atoms. The molecule has 0 radical (unpaired) electrons. The van der Waals surface area contributed by atoms with Gasteiger partial charge in [0.15, 0.2) is 0 Å². The molecule has 2 aromatic rings. The molecular formula is C18H22N4O2. The van der Waals surface area contributed by atoms with E-state index in [9.17, 15) is 9.59 Å². The summed E-state index contributed by atoms with van der Waals surface area (Å²) < 4.78 is 1.17. The zero-order valence-electron chi connectivity index (χ0n) is 13.8. The first-order valence-electron chi connectivity index (χ1n) is 8.26. The van der Waals surface area contributed by atoms with Crippen molar-refractivity contribution in [1.82, 2.24) is 20.0 Å². The molecule has 3 rings (SSSR count). The Morgan fingerprint density at radius 1 is 1.17 bits per heavy atom. The number of aromatic nitrogens is 2. The lowest BCUT2D eigenvalue weighted by Gasteiger charge is -2.24. The van der Waals surface area contributed by atoms with E-state index in [4.69, 9.17) is 0 Å². The Labute approximate surface area is 141 Å². The van der Waals surface area contributed by atoms with Gasteiger partial charge in [0.25, 0.3) is 11.5 Å². The standard InChI is InChI=1S/C18H22N4O2/c1-21-17(23)10-9-15(20-21)18(24)19-16(13-22-11-5-6-12-22)14-7-3-2-4-8-14/h2-4,7-10,16H,5-6,11-13H2,1H3,(H,19,24). The first-order valence-corrected chi connectivity index (χ1v) is 8.26. The molecule has 1 saturated heterocycles. The number of likely N-dealkylation sites (tertiary alicyclic amines) is 1. The average Bonchev–Trinajstić information content (AvgIpc) is 3.10. The molecule has 0 saturated carbocycles. The topological polar surface area (TPSA) is 67.2 Å². The van der Waals surface area contributed by atoms with E-state index in [1.165, 1.54) is 36.7 Å². The largest absolute Gasteiger partial charge is 0.343 e. The summed E-state index contributed by atoms with van der Waals surface area (Å²) in [6, 6.07) is 12.7. The maximum absolute atomic E-state index is 12.6. The third-order valence-electron chi connectivity index (χ3n) is 4.34. The number of benzene rings is 1. The Kier molecular flexibility index (Phi) is 5.05. The number of carbonyl (C=O) groups excluding carboxylic acids is 1. The van der Waals surface area contributed by atoms with Crippen molar-refractivity contribution in [1.29, 1.82) is 0 Å². The number of hydrogen-bond acceptors (Lipinski definition) is 4. The number of hydrogen-bond donors (Lipinski definition) is 1. The van der Waals surface area contributed by atoms with Crippen LogP contribution in [0.2, 0.25) is 0 Å². The fourth-order valence-electron chi connectivity index (χ4n) is 3.00. The maximum atomic E-state index is 12.6. The third kappa shape index (κ3) is 3.89. The lowest BCUT2D eigenvalue weighted by atomic mass is 10.1. The molecule has 1 amide bonds. The Morgan fingerprint density at radius 2 is 1.88 bits per heavy atom. The molecule has 1 aromatic heterocycles. The van der Waals surface area contributed by atoms with Gasteiger partial charge in [0, 0.05) is 19.7 Å². The minimum Gasteiger partial charge on any atom is -0.343 e. The number of amides is 1. The third-order valence-corrected chi connectivity index (χ3v) is 4.34. The summed E-state index contributed by atoms with van der Waals surface area (Å²) in [4.78, 5) is 26.4. The summed E-state index contributed by atoms with van der Waals surface area (Å²) >= 11 is 0. The lowest BCUT2D eigenvalue weighted by molar-refractivity contribution is 0.0920. The van der Waals surface area contributed by atoms with Crippen molar-refractivity contribution in [3.05, 3.63) is 64.1 Å². The summed E-state index contributed by atoms with van der Waals surface area (Å²) in [5.74, 6) is -0.265. The molecule has 1 atom stereocenters. The Morgan fingerprint density at radius 3 is 2.54 bits per heavy atom. The van der Waals surface area contributed by atoms with E-state index in [2.05, 4.69) is 15.3 Å². The van der Waals surface area contributed by atoms with Gasteiger partial charge < -0.3 is 10.2 Å². The monoisotopic (exact) mass is 326 g/mol. The molecule has 24 heavy (non-hydrogen) atoms. The second-order valence-electron chi connectivity index (χ2n) is 6.12. The normalized spacial score (nSPS) is 16.0. The second kappa shape index (κ2) is 7.40. The minimum atomic E-state index is -0.265. The van der Waals surface area contributed by atoms with Crippen LogP contribution in [0.1, 0.15) is 34.9 Å². The fraction of sp³-hybridized carbons (Fsp3) is 0.389. The van der Waals surface area contributed by atoms with Gasteiger partial charge in [0.1, 0.15) is 5.69 Å². The summed E-state index contributed by atoms with van der Waals surface area (Å²) in [5.41, 5.74) is 1.09. The molecule has 0 bridgehead atoms. The van der Waals surface area contributed by atoms with Crippen LogP contribution in [0.25, 0.3) is 0 Å². The summed E-state index contributed by atoms with van der Waals surface area (Å²) in [6.45, 7) is 2.91. The highest BCUT2D eigenvalue weighted by Gasteiger charge is 2.21. The number of nitrogens with zero attached hydrogens (tertiary/aromatic N) is 3. The molecule has 6 heteroatoms. The van der Waals surface area contributed by atoms with Crippen LogP contribution in [0.3, 0.4) is 0 Å². The Bertz CT molecular complexity index is 751. The summed E-state index contributed by atoms with van der Waals surface area (Å²) in [7, 11) is 1.54. The van der Waals surface area contributed by atoms with Gasteiger partial charge in [0.2, 0.25) is 0 Å². The Hall–Kier alpha value is -2.47. The number of rotatable bonds is 5. The minimum absolute atomic E-state index is 0.101. The van der Waals surface area contributed by atoms with Crippen LogP contribution >= 0.6 is 0 Å². The number of carbonyl (C=O) groups is 1. The van der Waals surface area contributed by atoms with Crippen molar-refractivity contribution in [3.8, 4) is 0 Å². The van der Waals surface area contributed by atoms with Gasteiger partial charge in [-0.15, -0.1) is 0 Å². The van der Waals surface area contributed by atoms with Crippen LogP contribution in [0, 0.1) is 0 Å². The highest BCUT2D eigenvalue weighted by molar-refractivity contribution is 5.92. The van der Waals surface area contributed by atoms with E-state index >= 15 is 0 Å². The molecule has 6 nitrogen and oxygen atoms in total. The van der Waals surface area contributed by atoms with Crippen molar-refractivity contribution in [2.75, 3.05) is 19.6 Å². The maximum Gasteiger partial charge on any atom is 0.272 e. The van der Waals surface area contributed by atoms with Gasteiger partial charge >= 0.3 is 0 Å². The molecule has 1 unspecified atom stereocenters. The van der Waals surface area contributed by atoms with E-state index < -0.39 is 0 Å². The molecule has 1 aliphatic heterocycles. The van der Waals surface area contributed by atoms with Crippen molar-refractivity contribution in [2.45, 2.75) is 18.9 Å². The van der Waals surface area contributed by atoms with Gasteiger partial charge in [-0.3, -0.25) is 9.59 Å². The van der Waals surface area contributed by atoms with Crippen molar-refractivity contribution in [2.24, 2.45) is 7.05 Å². The quantitative estimate of drug-likeness (QED) is 0.900. The van der Waals surface area contributed by atoms with Gasteiger partial charge in [-0.25, -0.2) is 4.68 Å². The van der Waals surface area contributed by atoms with E-state index in [0.717, 1.165) is 25.2 Å². The molecule has 126 valence electrons. The second-order valence-corrected chi connectivity index (χ2v) is 6.12. The SMILES string of the molecule is Cn1nc(C(=O)NC(CN2CCCC2)c2ccccc2)ccc1=O. The first-order chi connectivity index (χ1) is 11.6. The number of nitrogens with one attached hydrogen (secondary N) is 1. The molecule has 2 heterocycles. The van der Waals surface area contributed by atoms with E-state index in [-0.39, 0.29) is 23.2 Å². The lowest BCUT2D eigenvalue weighted by Crippen LogP contribution is -2.38. The van der Waals surface area contributed by atoms with Crippen molar-refractivity contribution < 1.29 is 4.79 Å². The molecule has 1 aromatic carbocycles. The van der Waals surface area contributed by atoms with Crippen molar-refractivity contribution in [3.63, 3.8) is 0 Å². The smallest absolute Gasteiger partial charge is 0.272 e. The van der Waals surface area contributed by atoms with Gasteiger partial charge in [-0.1, -0.05) is 30.3 Å². The summed E-state index contributed by atoms with van der Waals surface area (Å²) in [5, 5.41) is 7.09. The molecule has 1 aliphatic rings. The first kappa shape index (κ1) is 16.4. The molecule has 1 fully saturated rings. The van der Waals surface area contributed by atoms with Crippen LogP contribution in [0.4, 0.5) is 0 Å². The predicted molar refractivity (Wildman–Crippen MR) is 91.8 cm³/mol. The Balaban J connectivity index is 1.78. The summed E-state index contributed by atoms with van der Waals surface area (Å²) in [6.07, 6.45) is 2.41. The highest BCUT2D eigenvalue weighted by Crippen LogP contribution is 2.18. The zero-order chi connectivity index (χ0) is 16.9. The average molecular weight is 326 g/mol. The van der Waals surface area contributed by atoms with Crippen LogP contribution in [-0.2, 0) is 7.05 Å². The van der Waals surface area contributed by atoms with Gasteiger partial charge in [-0.2, -0.15) is 5.10 Å². The zero-order valence-corrected chi connectivity index (χ0v) is 13.8. The van der Waals surface area contributed by atoms with Crippen LogP contribution in [-0.4, -0.2) is 40.2 Å². The van der Waals surface area contributed by atoms with E-state index in [1.807, 2.05) is 30.3 Å². The van der Waals surface area contributed by atoms with Crippen LogP contribution in [0.15, 0.2) is 47.3 Å². The fourth-order valence-corrected chi connectivity index (χ4v) is 3.00. The van der Waals surface area contributed by atoms with E-state index in [0.29, 0.717) is 0 Å². The van der Waals surface area contributed by atoms with Gasteiger partial charge in [0.05, 0.1) is 6.04 Å².